The van der Waals surface area contributed by atoms with E-state index in [2.05, 4.69) is 6.92 Å². The molecule has 0 aromatic heterocycles. The first kappa shape index (κ1) is 37.7. The van der Waals surface area contributed by atoms with Crippen LogP contribution in [0.2, 0.25) is 0 Å². The maximum Gasteiger partial charge on any atom is 0.338 e. The van der Waals surface area contributed by atoms with Gasteiger partial charge in [-0.1, -0.05) is 198 Å². The van der Waals surface area contributed by atoms with Crippen LogP contribution in [0.25, 0.3) is 0 Å². The highest BCUT2D eigenvalue weighted by Gasteiger charge is 2.11. The molecule has 238 valence electrons. The number of benzene rings is 1. The molecule has 0 radical (unpaired) electrons. The van der Waals surface area contributed by atoms with Gasteiger partial charge in [0.15, 0.2) is 0 Å². The largest absolute Gasteiger partial charge is 0.459 e. The van der Waals surface area contributed by atoms with Crippen molar-refractivity contribution in [2.24, 2.45) is 0 Å². The maximum absolute atomic E-state index is 12.1. The smallest absolute Gasteiger partial charge is 0.338 e. The van der Waals surface area contributed by atoms with Crippen LogP contribution in [-0.2, 0) is 4.74 Å². The van der Waals surface area contributed by atoms with E-state index in [9.17, 15) is 4.79 Å². The number of unbranched alkanes of at least 4 members (excludes halogenated alkanes) is 27. The number of rotatable bonds is 31. The van der Waals surface area contributed by atoms with E-state index in [1.165, 1.54) is 173 Å². The van der Waals surface area contributed by atoms with Crippen molar-refractivity contribution in [3.8, 4) is 0 Å². The topological polar surface area (TPSA) is 26.3 Å². The Morgan fingerprint density at radius 2 is 0.780 bits per heavy atom. The summed E-state index contributed by atoms with van der Waals surface area (Å²) in [6.07, 6.45) is 40.9. The van der Waals surface area contributed by atoms with Crippen molar-refractivity contribution >= 4 is 5.97 Å². The van der Waals surface area contributed by atoms with Crippen LogP contribution in [0.4, 0.5) is 0 Å². The third-order valence-corrected chi connectivity index (χ3v) is 8.78. The Labute approximate surface area is 257 Å². The number of esters is 1. The van der Waals surface area contributed by atoms with E-state index in [-0.39, 0.29) is 12.1 Å². The predicted octanol–water partition coefficient (Wildman–Crippen LogP) is 13.6. The van der Waals surface area contributed by atoms with Crippen molar-refractivity contribution in [1.82, 2.24) is 0 Å². The molecule has 0 aliphatic carbocycles. The van der Waals surface area contributed by atoms with E-state index in [1.807, 2.05) is 37.3 Å². The first-order chi connectivity index (χ1) is 20.2. The standard InChI is InChI=1S/C39H70O2/c1-3-4-5-6-7-8-9-10-11-12-13-14-15-16-17-18-19-20-21-22-23-24-25-26-27-28-29-31-34-37(2)41-39(40)38-35-32-30-33-36-38/h30,32-33,35-37H,3-29,31,34H2,1-2H3. The lowest BCUT2D eigenvalue weighted by Gasteiger charge is -2.13. The molecule has 2 nitrogen and oxygen atoms in total. The molecule has 0 saturated heterocycles. The van der Waals surface area contributed by atoms with Gasteiger partial charge in [-0.2, -0.15) is 0 Å². The highest BCUT2D eigenvalue weighted by Crippen LogP contribution is 2.17. The molecule has 1 aromatic rings. The van der Waals surface area contributed by atoms with Crippen LogP contribution >= 0.6 is 0 Å². The van der Waals surface area contributed by atoms with Gasteiger partial charge in [-0.15, -0.1) is 0 Å². The molecule has 0 bridgehead atoms. The van der Waals surface area contributed by atoms with E-state index in [0.717, 1.165) is 12.8 Å². The van der Waals surface area contributed by atoms with E-state index in [0.29, 0.717) is 5.56 Å². The summed E-state index contributed by atoms with van der Waals surface area (Å²) in [6.45, 7) is 4.32. The normalized spacial score (nSPS) is 12.0. The van der Waals surface area contributed by atoms with E-state index >= 15 is 0 Å². The van der Waals surface area contributed by atoms with Crippen LogP contribution in [0.3, 0.4) is 0 Å². The van der Waals surface area contributed by atoms with Gasteiger partial charge in [-0.05, 0) is 31.9 Å². The molecular formula is C39H70O2. The quantitative estimate of drug-likeness (QED) is 0.0655. The monoisotopic (exact) mass is 571 g/mol. The number of carbonyl (C=O) groups excluding carboxylic acids is 1. The molecule has 1 unspecified atom stereocenters. The fourth-order valence-electron chi connectivity index (χ4n) is 5.99. The third kappa shape index (κ3) is 26.1. The van der Waals surface area contributed by atoms with Gasteiger partial charge in [0.25, 0.3) is 0 Å². The van der Waals surface area contributed by atoms with Gasteiger partial charge in [-0.25, -0.2) is 4.79 Å². The van der Waals surface area contributed by atoms with Crippen molar-refractivity contribution in [2.75, 3.05) is 0 Å². The first-order valence-corrected chi connectivity index (χ1v) is 18.5. The molecule has 41 heavy (non-hydrogen) atoms. The molecular weight excluding hydrogens is 500 g/mol. The highest BCUT2D eigenvalue weighted by atomic mass is 16.5. The summed E-state index contributed by atoms with van der Waals surface area (Å²) in [4.78, 5) is 12.1. The Kier molecular flexibility index (Phi) is 27.7. The summed E-state index contributed by atoms with van der Waals surface area (Å²) < 4.78 is 5.56. The SMILES string of the molecule is CCCCCCCCCCCCCCCCCCCCCCCCCCCCCCC(C)OC(=O)c1ccccc1. The minimum absolute atomic E-state index is 0.00627. The third-order valence-electron chi connectivity index (χ3n) is 8.78. The summed E-state index contributed by atoms with van der Waals surface area (Å²) in [7, 11) is 0. The Balaban J connectivity index is 1.69. The Morgan fingerprint density at radius 3 is 1.10 bits per heavy atom. The molecule has 0 saturated carbocycles. The fraction of sp³-hybridized carbons (Fsp3) is 0.821. The van der Waals surface area contributed by atoms with Crippen molar-refractivity contribution in [3.05, 3.63) is 35.9 Å². The Morgan fingerprint density at radius 1 is 0.488 bits per heavy atom. The van der Waals surface area contributed by atoms with Gasteiger partial charge < -0.3 is 4.74 Å². The number of hydrogen-bond donors (Lipinski definition) is 0. The zero-order valence-corrected chi connectivity index (χ0v) is 27.8. The fourth-order valence-corrected chi connectivity index (χ4v) is 5.99. The minimum Gasteiger partial charge on any atom is -0.459 e. The molecule has 0 aliphatic rings. The van der Waals surface area contributed by atoms with Crippen LogP contribution < -0.4 is 0 Å². The maximum atomic E-state index is 12.1. The van der Waals surface area contributed by atoms with Crippen LogP contribution in [0, 0.1) is 0 Å². The number of hydrogen-bond acceptors (Lipinski definition) is 2. The van der Waals surface area contributed by atoms with Gasteiger partial charge in [0.05, 0.1) is 11.7 Å². The zero-order chi connectivity index (χ0) is 29.5. The average Bonchev–Trinajstić information content (AvgIpc) is 2.99. The van der Waals surface area contributed by atoms with Crippen LogP contribution in [0.1, 0.15) is 210 Å². The molecule has 0 N–H and O–H groups in total. The van der Waals surface area contributed by atoms with Gasteiger partial charge in [0.1, 0.15) is 0 Å². The highest BCUT2D eigenvalue weighted by molar-refractivity contribution is 5.89. The molecule has 0 amide bonds. The second kappa shape index (κ2) is 30.2. The molecule has 0 heterocycles. The average molecular weight is 571 g/mol. The van der Waals surface area contributed by atoms with Gasteiger partial charge >= 0.3 is 5.97 Å². The Bertz CT molecular complexity index is 655. The van der Waals surface area contributed by atoms with Crippen molar-refractivity contribution in [2.45, 2.75) is 206 Å². The first-order valence-electron chi connectivity index (χ1n) is 18.5. The minimum atomic E-state index is -0.196. The number of ether oxygens (including phenoxy) is 1. The Hall–Kier alpha value is -1.31. The molecule has 0 fully saturated rings. The molecule has 1 rings (SSSR count). The molecule has 1 aromatic carbocycles. The van der Waals surface area contributed by atoms with Gasteiger partial charge in [0, 0.05) is 0 Å². The van der Waals surface area contributed by atoms with Gasteiger partial charge in [-0.3, -0.25) is 0 Å². The summed E-state index contributed by atoms with van der Waals surface area (Å²) >= 11 is 0. The predicted molar refractivity (Wildman–Crippen MR) is 181 cm³/mol. The summed E-state index contributed by atoms with van der Waals surface area (Å²) in [6, 6.07) is 9.31. The van der Waals surface area contributed by atoms with Crippen LogP contribution in [0.5, 0.6) is 0 Å². The van der Waals surface area contributed by atoms with Crippen LogP contribution in [-0.4, -0.2) is 12.1 Å². The van der Waals surface area contributed by atoms with Crippen LogP contribution in [0.15, 0.2) is 30.3 Å². The second-order valence-electron chi connectivity index (χ2n) is 12.9. The number of carbonyl (C=O) groups is 1. The second-order valence-corrected chi connectivity index (χ2v) is 12.9. The molecule has 0 spiro atoms. The summed E-state index contributed by atoms with van der Waals surface area (Å²) in [5.74, 6) is -0.196. The van der Waals surface area contributed by atoms with E-state index in [1.54, 1.807) is 0 Å². The molecule has 2 heteroatoms. The lowest BCUT2D eigenvalue weighted by molar-refractivity contribution is 0.0319. The zero-order valence-electron chi connectivity index (χ0n) is 27.8. The van der Waals surface area contributed by atoms with E-state index < -0.39 is 0 Å². The molecule has 1 atom stereocenters. The van der Waals surface area contributed by atoms with Gasteiger partial charge in [0.2, 0.25) is 0 Å². The lowest BCUT2D eigenvalue weighted by Crippen LogP contribution is -2.14. The van der Waals surface area contributed by atoms with Crippen molar-refractivity contribution in [3.63, 3.8) is 0 Å². The molecule has 0 aliphatic heterocycles. The summed E-state index contributed by atoms with van der Waals surface area (Å²) in [5, 5.41) is 0. The van der Waals surface area contributed by atoms with Crippen molar-refractivity contribution < 1.29 is 9.53 Å². The van der Waals surface area contributed by atoms with E-state index in [4.69, 9.17) is 4.74 Å². The lowest BCUT2D eigenvalue weighted by atomic mass is 10.0. The summed E-state index contributed by atoms with van der Waals surface area (Å²) in [5.41, 5.74) is 0.648. The van der Waals surface area contributed by atoms with Crippen molar-refractivity contribution in [1.29, 1.82) is 0 Å².